The Morgan fingerprint density at radius 3 is 2.27 bits per heavy atom. The van der Waals surface area contributed by atoms with Crippen molar-refractivity contribution in [1.82, 2.24) is 0 Å². The highest BCUT2D eigenvalue weighted by atomic mass is 14.7. The molecule has 3 fully saturated rings. The Balaban J connectivity index is 1.64. The smallest absolute Gasteiger partial charge is 0.00185 e. The molecule has 0 heterocycles. The molecule has 168 valence electrons. The van der Waals surface area contributed by atoms with Gasteiger partial charge in [-0.25, -0.2) is 0 Å². The van der Waals surface area contributed by atoms with Crippen LogP contribution >= 0.6 is 0 Å². The zero-order valence-electron chi connectivity index (χ0n) is 21.4. The van der Waals surface area contributed by atoms with Gasteiger partial charge in [-0.15, -0.1) is 0 Å². The van der Waals surface area contributed by atoms with Crippen molar-refractivity contribution in [2.75, 3.05) is 0 Å². The predicted octanol–water partition coefficient (Wildman–Crippen LogP) is 9.12. The van der Waals surface area contributed by atoms with Crippen LogP contribution in [-0.4, -0.2) is 0 Å². The van der Waals surface area contributed by atoms with Gasteiger partial charge in [0.05, 0.1) is 0 Å². The molecule has 0 saturated heterocycles. The summed E-state index contributed by atoms with van der Waals surface area (Å²) in [7, 11) is 0. The maximum Gasteiger partial charge on any atom is -0.00185 e. The molecule has 0 aromatic rings. The fourth-order valence-electron chi connectivity index (χ4n) is 10.3. The zero-order chi connectivity index (χ0) is 21.7. The monoisotopic (exact) mass is 408 g/mol. The largest absolute Gasteiger partial charge is 0.0801 e. The number of fused-ring (bicyclic) bond motifs is 7. The van der Waals surface area contributed by atoms with Crippen molar-refractivity contribution in [2.24, 2.45) is 44.8 Å². The van der Waals surface area contributed by atoms with E-state index in [1.54, 1.807) is 0 Å². The van der Waals surface area contributed by atoms with Crippen LogP contribution in [0.3, 0.4) is 0 Å². The molecule has 0 spiro atoms. The Morgan fingerprint density at radius 2 is 1.57 bits per heavy atom. The van der Waals surface area contributed by atoms with Gasteiger partial charge in [0.25, 0.3) is 0 Å². The van der Waals surface area contributed by atoms with Crippen molar-refractivity contribution in [1.29, 1.82) is 0 Å². The molecule has 5 aliphatic carbocycles. The minimum Gasteiger partial charge on any atom is -0.0801 e. The molecule has 0 aromatic heterocycles. The molecule has 0 radical (unpaired) electrons. The Morgan fingerprint density at radius 1 is 0.833 bits per heavy atom. The van der Waals surface area contributed by atoms with E-state index in [4.69, 9.17) is 0 Å². The molecule has 5 aliphatic rings. The van der Waals surface area contributed by atoms with E-state index in [1.807, 2.05) is 16.7 Å². The van der Waals surface area contributed by atoms with Crippen LogP contribution in [0.2, 0.25) is 0 Å². The van der Waals surface area contributed by atoms with E-state index in [0.29, 0.717) is 33.0 Å². The van der Waals surface area contributed by atoms with Gasteiger partial charge in [-0.3, -0.25) is 0 Å². The summed E-state index contributed by atoms with van der Waals surface area (Å²) in [6.45, 7) is 20.9. The molecule has 0 nitrogen and oxygen atoms in total. The second-order valence-electron chi connectivity index (χ2n) is 14.2. The Labute approximate surface area is 187 Å². The first-order chi connectivity index (χ1) is 13.9. The van der Waals surface area contributed by atoms with Crippen LogP contribution in [0.5, 0.6) is 0 Å². The molecule has 0 aliphatic heterocycles. The molecule has 0 N–H and O–H groups in total. The number of rotatable bonds is 1. The number of hydrogen-bond donors (Lipinski definition) is 0. The molecule has 0 unspecified atom stereocenters. The van der Waals surface area contributed by atoms with Crippen LogP contribution in [0.25, 0.3) is 0 Å². The second kappa shape index (κ2) is 6.29. The van der Waals surface area contributed by atoms with Crippen molar-refractivity contribution in [3.63, 3.8) is 0 Å². The summed E-state index contributed by atoms with van der Waals surface area (Å²) in [4.78, 5) is 0. The average molecular weight is 409 g/mol. The molecule has 5 rings (SSSR count). The SMILES string of the molecule is CC(C)C1=C2C3=CC[C@@H]4[C@@]5(C)CCCC(C)(C)[C@@H]5CC[C@@]4(C)[C@]3(C)CC[C@@]2(C)CC1. The van der Waals surface area contributed by atoms with Gasteiger partial charge in [0, 0.05) is 0 Å². The van der Waals surface area contributed by atoms with Crippen LogP contribution < -0.4 is 0 Å². The Kier molecular flexibility index (Phi) is 4.47. The normalized spacial score (nSPS) is 49.8. The molecule has 0 amide bonds. The van der Waals surface area contributed by atoms with E-state index in [9.17, 15) is 0 Å². The highest BCUT2D eigenvalue weighted by Gasteiger charge is 2.66. The predicted molar refractivity (Wildman–Crippen MR) is 129 cm³/mol. The zero-order valence-corrected chi connectivity index (χ0v) is 21.4. The molecule has 30 heavy (non-hydrogen) atoms. The first kappa shape index (κ1) is 21.3. The van der Waals surface area contributed by atoms with Gasteiger partial charge in [0.15, 0.2) is 0 Å². The summed E-state index contributed by atoms with van der Waals surface area (Å²) < 4.78 is 0. The van der Waals surface area contributed by atoms with E-state index in [2.05, 4.69) is 61.5 Å². The van der Waals surface area contributed by atoms with E-state index < -0.39 is 0 Å². The van der Waals surface area contributed by atoms with E-state index in [0.717, 1.165) is 11.8 Å². The lowest BCUT2D eigenvalue weighted by Gasteiger charge is -2.69. The third kappa shape index (κ3) is 2.46. The highest BCUT2D eigenvalue weighted by molar-refractivity contribution is 5.52. The van der Waals surface area contributed by atoms with Crippen molar-refractivity contribution in [3.05, 3.63) is 22.8 Å². The summed E-state index contributed by atoms with van der Waals surface area (Å²) in [6.07, 6.45) is 17.0. The third-order valence-electron chi connectivity index (χ3n) is 12.2. The van der Waals surface area contributed by atoms with Crippen LogP contribution in [0.1, 0.15) is 120 Å². The summed E-state index contributed by atoms with van der Waals surface area (Å²) in [5, 5.41) is 0. The van der Waals surface area contributed by atoms with E-state index in [1.165, 1.54) is 64.2 Å². The first-order valence-corrected chi connectivity index (χ1v) is 13.3. The molecule has 0 heteroatoms. The van der Waals surface area contributed by atoms with Gasteiger partial charge in [-0.2, -0.15) is 0 Å². The lowest BCUT2D eigenvalue weighted by Crippen LogP contribution is -2.61. The fraction of sp³-hybridized carbons (Fsp3) is 0.867. The van der Waals surface area contributed by atoms with E-state index in [-0.39, 0.29) is 0 Å². The standard InChI is InChI=1S/C30H48/c1-20(2)21-12-16-27(5)18-19-29(7)22(25(21)27)10-11-24-28(6)15-9-14-26(3,4)23(28)13-17-30(24,29)8/h10,20,23-24H,9,11-19H2,1-8H3/t23-,24+,27+,28-,29+,30+/m0/s1. The van der Waals surface area contributed by atoms with E-state index >= 15 is 0 Å². The summed E-state index contributed by atoms with van der Waals surface area (Å²) in [5.74, 6) is 2.50. The minimum atomic E-state index is 0.380. The van der Waals surface area contributed by atoms with Crippen molar-refractivity contribution < 1.29 is 0 Å². The quantitative estimate of drug-likeness (QED) is 0.406. The molecule has 0 bridgehead atoms. The van der Waals surface area contributed by atoms with Crippen LogP contribution in [0.15, 0.2) is 22.8 Å². The lowest BCUT2D eigenvalue weighted by atomic mass is 9.35. The van der Waals surface area contributed by atoms with Gasteiger partial charge >= 0.3 is 0 Å². The molecular formula is C30H48. The summed E-state index contributed by atoms with van der Waals surface area (Å²) in [5.41, 5.74) is 7.86. The minimum absolute atomic E-state index is 0.380. The van der Waals surface area contributed by atoms with Crippen molar-refractivity contribution in [2.45, 2.75) is 120 Å². The maximum atomic E-state index is 2.81. The van der Waals surface area contributed by atoms with Crippen molar-refractivity contribution in [3.8, 4) is 0 Å². The van der Waals surface area contributed by atoms with Crippen molar-refractivity contribution >= 4 is 0 Å². The lowest BCUT2D eigenvalue weighted by molar-refractivity contribution is -0.169. The van der Waals surface area contributed by atoms with Gasteiger partial charge in [-0.1, -0.05) is 73.5 Å². The molecule has 3 saturated carbocycles. The Hall–Kier alpha value is -0.520. The van der Waals surface area contributed by atoms with Crippen LogP contribution in [0.4, 0.5) is 0 Å². The molecular weight excluding hydrogens is 360 g/mol. The summed E-state index contributed by atoms with van der Waals surface area (Å²) in [6, 6.07) is 0. The fourth-order valence-corrected chi connectivity index (χ4v) is 10.3. The maximum absolute atomic E-state index is 2.81. The van der Waals surface area contributed by atoms with Crippen LogP contribution in [0, 0.1) is 44.8 Å². The molecule has 6 atom stereocenters. The van der Waals surface area contributed by atoms with Crippen LogP contribution in [-0.2, 0) is 0 Å². The van der Waals surface area contributed by atoms with Gasteiger partial charge in [0.2, 0.25) is 0 Å². The highest BCUT2D eigenvalue weighted by Crippen LogP contribution is 2.75. The number of hydrogen-bond acceptors (Lipinski definition) is 0. The first-order valence-electron chi connectivity index (χ1n) is 13.3. The van der Waals surface area contributed by atoms with Gasteiger partial charge in [0.1, 0.15) is 0 Å². The number of allylic oxidation sites excluding steroid dienone is 4. The third-order valence-corrected chi connectivity index (χ3v) is 12.2. The molecule has 0 aromatic carbocycles. The summed E-state index contributed by atoms with van der Waals surface area (Å²) >= 11 is 0. The van der Waals surface area contributed by atoms with Gasteiger partial charge < -0.3 is 0 Å². The second-order valence-corrected chi connectivity index (χ2v) is 14.2. The Bertz CT molecular complexity index is 808. The average Bonchev–Trinajstić information content (AvgIpc) is 2.99. The topological polar surface area (TPSA) is 0 Å². The van der Waals surface area contributed by atoms with Gasteiger partial charge in [-0.05, 0) is 114 Å².